The first kappa shape index (κ1) is 16.0. The van der Waals surface area contributed by atoms with Crippen LogP contribution >= 0.6 is 0 Å². The van der Waals surface area contributed by atoms with Crippen molar-refractivity contribution in [1.82, 2.24) is 20.3 Å². The molecule has 4 rings (SSSR count). The molecule has 2 aromatic heterocycles. The lowest BCUT2D eigenvalue weighted by molar-refractivity contribution is -0.0178. The van der Waals surface area contributed by atoms with Crippen molar-refractivity contribution in [3.63, 3.8) is 0 Å². The van der Waals surface area contributed by atoms with E-state index in [1.807, 2.05) is 19.1 Å². The first-order valence-electron chi connectivity index (χ1n) is 8.57. The molecule has 2 aliphatic rings. The quantitative estimate of drug-likeness (QED) is 0.808. The van der Waals surface area contributed by atoms with Crippen LogP contribution in [0, 0.1) is 12.8 Å². The van der Waals surface area contributed by atoms with Crippen molar-refractivity contribution in [3.05, 3.63) is 35.9 Å². The topological polar surface area (TPSA) is 84.6 Å². The second-order valence-electron chi connectivity index (χ2n) is 6.56. The van der Waals surface area contributed by atoms with Gasteiger partial charge in [-0.1, -0.05) is 5.16 Å². The highest BCUT2D eigenvalue weighted by molar-refractivity contribution is 5.91. The van der Waals surface area contributed by atoms with E-state index in [9.17, 15) is 4.79 Å². The van der Waals surface area contributed by atoms with Crippen LogP contribution in [0.5, 0.6) is 0 Å². The number of likely N-dealkylation sites (tertiary alicyclic amines) is 1. The zero-order chi connectivity index (χ0) is 17.2. The summed E-state index contributed by atoms with van der Waals surface area (Å²) in [6, 6.07) is 5.58. The van der Waals surface area contributed by atoms with Crippen molar-refractivity contribution >= 4 is 11.7 Å². The van der Waals surface area contributed by atoms with Crippen molar-refractivity contribution in [3.8, 4) is 0 Å². The number of nitrogens with zero attached hydrogens (tertiary/aromatic N) is 5. The van der Waals surface area contributed by atoms with Crippen LogP contribution in [0.3, 0.4) is 0 Å². The molecule has 0 aliphatic carbocycles. The van der Waals surface area contributed by atoms with Crippen LogP contribution in [-0.2, 0) is 4.74 Å². The number of carbonyl (C=O) groups excluding carboxylic acids is 1. The summed E-state index contributed by atoms with van der Waals surface area (Å²) < 4.78 is 11.0. The number of ether oxygens (including phenoxy) is 1. The molecule has 0 unspecified atom stereocenters. The normalized spacial score (nSPS) is 23.9. The minimum absolute atomic E-state index is 0.0315. The van der Waals surface area contributed by atoms with Crippen LogP contribution in [0.2, 0.25) is 0 Å². The Morgan fingerprint density at radius 3 is 2.88 bits per heavy atom. The molecule has 2 saturated heterocycles. The number of amides is 1. The van der Waals surface area contributed by atoms with E-state index in [4.69, 9.17) is 9.26 Å². The van der Waals surface area contributed by atoms with Gasteiger partial charge in [-0.15, -0.1) is 5.10 Å². The number of hydrogen-bond acceptors (Lipinski definition) is 7. The molecule has 1 amide bonds. The van der Waals surface area contributed by atoms with Crippen LogP contribution in [0.1, 0.15) is 22.7 Å². The molecule has 0 radical (unpaired) electrons. The Morgan fingerprint density at radius 1 is 1.20 bits per heavy atom. The van der Waals surface area contributed by atoms with Gasteiger partial charge >= 0.3 is 0 Å². The number of carbonyl (C=O) groups is 1. The number of piperidine rings is 1. The summed E-state index contributed by atoms with van der Waals surface area (Å²) in [6.45, 7) is 5.46. The largest absolute Gasteiger partial charge is 0.374 e. The SMILES string of the molecule is Cc1ccc(N2CCO[C@H]3CN(C(=O)c4ccno4)CC[C@H]3C2)nn1. The third kappa shape index (κ3) is 3.34. The number of fused-ring (bicyclic) bond motifs is 1. The fourth-order valence-corrected chi connectivity index (χ4v) is 3.49. The number of anilines is 1. The molecule has 2 aliphatic heterocycles. The maximum Gasteiger partial charge on any atom is 0.292 e. The van der Waals surface area contributed by atoms with Crippen molar-refractivity contribution in [2.45, 2.75) is 19.4 Å². The minimum atomic E-state index is -0.120. The van der Waals surface area contributed by atoms with Gasteiger partial charge in [0.15, 0.2) is 5.82 Å². The van der Waals surface area contributed by atoms with E-state index >= 15 is 0 Å². The van der Waals surface area contributed by atoms with E-state index < -0.39 is 0 Å². The maximum atomic E-state index is 12.4. The lowest BCUT2D eigenvalue weighted by atomic mass is 9.93. The highest BCUT2D eigenvalue weighted by atomic mass is 16.5. The zero-order valence-electron chi connectivity index (χ0n) is 14.2. The van der Waals surface area contributed by atoms with Gasteiger partial charge in [-0.3, -0.25) is 4.79 Å². The van der Waals surface area contributed by atoms with Crippen LogP contribution in [0.25, 0.3) is 0 Å². The third-order valence-corrected chi connectivity index (χ3v) is 4.89. The molecule has 2 fully saturated rings. The van der Waals surface area contributed by atoms with Gasteiger partial charge in [-0.25, -0.2) is 0 Å². The van der Waals surface area contributed by atoms with E-state index in [0.29, 0.717) is 25.6 Å². The molecule has 2 atom stereocenters. The van der Waals surface area contributed by atoms with E-state index in [-0.39, 0.29) is 17.8 Å². The van der Waals surface area contributed by atoms with Gasteiger partial charge in [0.2, 0.25) is 5.76 Å². The van der Waals surface area contributed by atoms with E-state index in [1.165, 1.54) is 6.20 Å². The van der Waals surface area contributed by atoms with Crippen LogP contribution in [-0.4, -0.2) is 65.1 Å². The van der Waals surface area contributed by atoms with Gasteiger partial charge in [0.05, 0.1) is 24.6 Å². The summed E-state index contributed by atoms with van der Waals surface area (Å²) in [5, 5.41) is 12.1. The summed E-state index contributed by atoms with van der Waals surface area (Å²) in [5.41, 5.74) is 0.909. The minimum Gasteiger partial charge on any atom is -0.374 e. The molecule has 0 spiro atoms. The lowest BCUT2D eigenvalue weighted by Gasteiger charge is -2.37. The second kappa shape index (κ2) is 6.79. The van der Waals surface area contributed by atoms with Gasteiger partial charge in [0.25, 0.3) is 5.91 Å². The van der Waals surface area contributed by atoms with Crippen molar-refractivity contribution in [2.24, 2.45) is 5.92 Å². The Bertz CT molecular complexity index is 718. The molecule has 0 bridgehead atoms. The Kier molecular flexibility index (Phi) is 4.35. The Morgan fingerprint density at radius 2 is 2.12 bits per heavy atom. The highest BCUT2D eigenvalue weighted by Gasteiger charge is 2.36. The summed E-state index contributed by atoms with van der Waals surface area (Å²) in [5.74, 6) is 1.41. The first-order valence-corrected chi connectivity index (χ1v) is 8.57. The Labute approximate surface area is 145 Å². The molecule has 4 heterocycles. The van der Waals surface area contributed by atoms with Gasteiger partial charge in [0.1, 0.15) is 0 Å². The average molecular weight is 343 g/mol. The Hall–Kier alpha value is -2.48. The van der Waals surface area contributed by atoms with Crippen molar-refractivity contribution < 1.29 is 14.1 Å². The average Bonchev–Trinajstić information content (AvgIpc) is 3.08. The summed E-state index contributed by atoms with van der Waals surface area (Å²) in [6.07, 6.45) is 2.41. The molecule has 0 saturated carbocycles. The monoisotopic (exact) mass is 343 g/mol. The molecule has 8 heteroatoms. The molecule has 0 N–H and O–H groups in total. The lowest BCUT2D eigenvalue weighted by Crippen LogP contribution is -2.49. The van der Waals surface area contributed by atoms with Gasteiger partial charge in [-0.05, 0) is 25.5 Å². The predicted molar refractivity (Wildman–Crippen MR) is 89.2 cm³/mol. The fraction of sp³-hybridized carbons (Fsp3) is 0.529. The third-order valence-electron chi connectivity index (χ3n) is 4.89. The van der Waals surface area contributed by atoms with Crippen molar-refractivity contribution in [2.75, 3.05) is 37.7 Å². The summed E-state index contributed by atoms with van der Waals surface area (Å²) in [7, 11) is 0. The highest BCUT2D eigenvalue weighted by Crippen LogP contribution is 2.26. The molecule has 0 aromatic carbocycles. The molecule has 2 aromatic rings. The molecule has 8 nitrogen and oxygen atoms in total. The predicted octanol–water partition coefficient (Wildman–Crippen LogP) is 1.14. The smallest absolute Gasteiger partial charge is 0.292 e. The fourth-order valence-electron chi connectivity index (χ4n) is 3.49. The van der Waals surface area contributed by atoms with E-state index in [0.717, 1.165) is 31.0 Å². The maximum absolute atomic E-state index is 12.4. The molecular formula is C17H21N5O3. The van der Waals surface area contributed by atoms with Crippen molar-refractivity contribution in [1.29, 1.82) is 0 Å². The molecule has 132 valence electrons. The number of rotatable bonds is 2. The Balaban J connectivity index is 1.43. The van der Waals surface area contributed by atoms with E-state index in [2.05, 4.69) is 20.3 Å². The number of hydrogen-bond donors (Lipinski definition) is 0. The first-order chi connectivity index (χ1) is 12.2. The van der Waals surface area contributed by atoms with Gasteiger partial charge in [0, 0.05) is 38.2 Å². The van der Waals surface area contributed by atoms with Gasteiger partial charge < -0.3 is 19.1 Å². The van der Waals surface area contributed by atoms with Crippen LogP contribution in [0.4, 0.5) is 5.82 Å². The molecular weight excluding hydrogens is 322 g/mol. The van der Waals surface area contributed by atoms with Gasteiger partial charge in [-0.2, -0.15) is 5.10 Å². The number of aryl methyl sites for hydroxylation is 1. The number of aromatic nitrogens is 3. The van der Waals surface area contributed by atoms with Crippen LogP contribution < -0.4 is 4.90 Å². The second-order valence-corrected chi connectivity index (χ2v) is 6.56. The molecule has 25 heavy (non-hydrogen) atoms. The zero-order valence-corrected chi connectivity index (χ0v) is 14.2. The van der Waals surface area contributed by atoms with E-state index in [1.54, 1.807) is 11.0 Å². The standard InChI is InChI=1S/C17H21N5O3/c1-12-2-3-16(20-19-12)21-8-9-24-15-11-22(7-5-13(15)10-21)17(23)14-4-6-18-25-14/h2-4,6,13,15H,5,7-11H2,1H3/t13-,15-/m0/s1. The summed E-state index contributed by atoms with van der Waals surface area (Å²) in [4.78, 5) is 16.5. The van der Waals surface area contributed by atoms with Crippen LogP contribution in [0.15, 0.2) is 28.9 Å². The summed E-state index contributed by atoms with van der Waals surface area (Å²) >= 11 is 0.